The number of aliphatic hydroxyl groups excluding tert-OH is 1. The van der Waals surface area contributed by atoms with Crippen molar-refractivity contribution < 1.29 is 19.1 Å². The number of fused-ring (bicyclic) bond motifs is 1. The highest BCUT2D eigenvalue weighted by molar-refractivity contribution is 6.06. The van der Waals surface area contributed by atoms with Crippen LogP contribution in [0.4, 0.5) is 4.39 Å². The number of para-hydroxylation sites is 1. The number of nitrogens with zero attached hydrogens (tertiary/aromatic N) is 3. The van der Waals surface area contributed by atoms with E-state index < -0.39 is 17.4 Å². The second-order valence-corrected chi connectivity index (χ2v) is 9.93. The van der Waals surface area contributed by atoms with Crippen LogP contribution in [0.15, 0.2) is 48.5 Å². The second kappa shape index (κ2) is 9.54. The monoisotopic (exact) mass is 466 g/mol. The molecule has 8 heteroatoms. The van der Waals surface area contributed by atoms with Gasteiger partial charge in [0.25, 0.3) is 5.91 Å². The lowest BCUT2D eigenvalue weighted by Crippen LogP contribution is -2.56. The number of benzene rings is 2. The quantitative estimate of drug-likeness (QED) is 0.583. The van der Waals surface area contributed by atoms with Gasteiger partial charge in [0, 0.05) is 11.9 Å². The zero-order valence-corrected chi connectivity index (χ0v) is 19.8. The summed E-state index contributed by atoms with van der Waals surface area (Å²) in [6.07, 6.45) is 1.59. The maximum Gasteiger partial charge on any atom is 0.273 e. The third-order valence-electron chi connectivity index (χ3n) is 6.38. The molecule has 1 saturated heterocycles. The maximum absolute atomic E-state index is 13.4. The van der Waals surface area contributed by atoms with Crippen molar-refractivity contribution in [3.05, 3.63) is 65.6 Å². The van der Waals surface area contributed by atoms with E-state index in [-0.39, 0.29) is 30.1 Å². The molecule has 7 nitrogen and oxygen atoms in total. The fourth-order valence-electron chi connectivity index (χ4n) is 4.51. The van der Waals surface area contributed by atoms with Crippen molar-refractivity contribution in [2.45, 2.75) is 52.2 Å². The average Bonchev–Trinajstić information content (AvgIpc) is 3.43. The largest absolute Gasteiger partial charge is 0.394 e. The summed E-state index contributed by atoms with van der Waals surface area (Å²) < 4.78 is 15.0. The molecule has 2 N–H and O–H groups in total. The number of aromatic nitrogens is 2. The fraction of sp³-hybridized carbons (Fsp3) is 0.423. The van der Waals surface area contributed by atoms with Gasteiger partial charge in [-0.15, -0.1) is 0 Å². The normalized spacial score (nSPS) is 17.2. The summed E-state index contributed by atoms with van der Waals surface area (Å²) in [5.74, 6) is -0.928. The van der Waals surface area contributed by atoms with E-state index in [2.05, 4.69) is 10.4 Å². The molecule has 2 aromatic carbocycles. The number of carbonyl (C=O) groups excluding carboxylic acids is 2. The molecule has 0 spiro atoms. The Morgan fingerprint density at radius 3 is 2.56 bits per heavy atom. The number of likely N-dealkylation sites (tertiary alicyclic amines) is 1. The lowest BCUT2D eigenvalue weighted by atomic mass is 9.85. The van der Waals surface area contributed by atoms with E-state index in [1.54, 1.807) is 21.7 Å². The van der Waals surface area contributed by atoms with Crippen LogP contribution in [0.1, 0.15) is 49.7 Å². The van der Waals surface area contributed by atoms with Gasteiger partial charge < -0.3 is 15.3 Å². The number of aliphatic hydroxyl groups is 1. The van der Waals surface area contributed by atoms with E-state index >= 15 is 0 Å². The van der Waals surface area contributed by atoms with Gasteiger partial charge in [-0.1, -0.05) is 51.1 Å². The summed E-state index contributed by atoms with van der Waals surface area (Å²) in [4.78, 5) is 28.5. The van der Waals surface area contributed by atoms with Crippen molar-refractivity contribution >= 4 is 22.7 Å². The van der Waals surface area contributed by atoms with Crippen LogP contribution in [0.5, 0.6) is 0 Å². The number of hydrogen-bond donors (Lipinski definition) is 2. The Morgan fingerprint density at radius 2 is 1.88 bits per heavy atom. The Kier molecular flexibility index (Phi) is 6.70. The lowest BCUT2D eigenvalue weighted by molar-refractivity contribution is -0.137. The Hall–Kier alpha value is -3.26. The van der Waals surface area contributed by atoms with E-state index in [1.165, 1.54) is 12.1 Å². The van der Waals surface area contributed by atoms with Gasteiger partial charge in [-0.05, 0) is 42.0 Å². The maximum atomic E-state index is 13.4. The molecule has 2 unspecified atom stereocenters. The lowest BCUT2D eigenvalue weighted by Gasteiger charge is -2.35. The molecule has 4 rings (SSSR count). The van der Waals surface area contributed by atoms with Gasteiger partial charge in [-0.3, -0.25) is 14.3 Å². The van der Waals surface area contributed by atoms with E-state index in [9.17, 15) is 19.1 Å². The zero-order valence-electron chi connectivity index (χ0n) is 19.8. The average molecular weight is 467 g/mol. The highest BCUT2D eigenvalue weighted by Gasteiger charge is 2.40. The van der Waals surface area contributed by atoms with E-state index in [0.29, 0.717) is 18.5 Å². The predicted octanol–water partition coefficient (Wildman–Crippen LogP) is 3.35. The van der Waals surface area contributed by atoms with Crippen molar-refractivity contribution in [1.29, 1.82) is 0 Å². The van der Waals surface area contributed by atoms with Crippen LogP contribution >= 0.6 is 0 Å². The zero-order chi connectivity index (χ0) is 24.5. The predicted molar refractivity (Wildman–Crippen MR) is 128 cm³/mol. The van der Waals surface area contributed by atoms with Gasteiger partial charge in [0.2, 0.25) is 5.91 Å². The molecule has 0 aliphatic carbocycles. The number of amides is 2. The van der Waals surface area contributed by atoms with Gasteiger partial charge in [0.1, 0.15) is 11.9 Å². The van der Waals surface area contributed by atoms with Crippen LogP contribution in [0.3, 0.4) is 0 Å². The Bertz CT molecular complexity index is 1180. The third kappa shape index (κ3) is 4.82. The van der Waals surface area contributed by atoms with E-state index in [1.807, 2.05) is 45.0 Å². The fourth-order valence-corrected chi connectivity index (χ4v) is 4.51. The Balaban J connectivity index is 1.63. The minimum atomic E-state index is -0.770. The number of carbonyl (C=O) groups is 2. The van der Waals surface area contributed by atoms with Gasteiger partial charge >= 0.3 is 0 Å². The van der Waals surface area contributed by atoms with Crippen molar-refractivity contribution in [2.75, 3.05) is 13.2 Å². The highest BCUT2D eigenvalue weighted by Crippen LogP contribution is 2.27. The number of nitrogens with one attached hydrogen (secondary N) is 1. The smallest absolute Gasteiger partial charge is 0.273 e. The molecule has 0 radical (unpaired) electrons. The van der Waals surface area contributed by atoms with Crippen molar-refractivity contribution in [2.24, 2.45) is 5.41 Å². The number of hydrogen-bond acceptors (Lipinski definition) is 4. The molecule has 1 aliphatic rings. The molecule has 34 heavy (non-hydrogen) atoms. The summed E-state index contributed by atoms with van der Waals surface area (Å²) in [5, 5.41) is 17.9. The minimum absolute atomic E-state index is 0.0883. The Morgan fingerprint density at radius 1 is 1.18 bits per heavy atom. The highest BCUT2D eigenvalue weighted by atomic mass is 19.1. The Labute approximate surface area is 198 Å². The van der Waals surface area contributed by atoms with Crippen molar-refractivity contribution in [3.8, 4) is 0 Å². The summed E-state index contributed by atoms with van der Waals surface area (Å²) in [7, 11) is 0. The van der Waals surface area contributed by atoms with E-state index in [0.717, 1.165) is 23.9 Å². The molecule has 1 aromatic heterocycles. The third-order valence-corrected chi connectivity index (χ3v) is 6.38. The summed E-state index contributed by atoms with van der Waals surface area (Å²) in [5.41, 5.74) is 1.32. The van der Waals surface area contributed by atoms with Crippen LogP contribution in [0, 0.1) is 11.2 Å². The van der Waals surface area contributed by atoms with Crippen LogP contribution in [-0.2, 0) is 11.3 Å². The van der Waals surface area contributed by atoms with Gasteiger partial charge in [-0.25, -0.2) is 4.39 Å². The SMILES string of the molecule is CC(C)(C)C(NC(=O)c1nn(Cc2ccc(F)cc2)c2ccccc12)C(=O)N1CCCC1CO. The topological polar surface area (TPSA) is 87.5 Å². The van der Waals surface area contributed by atoms with Crippen molar-refractivity contribution in [1.82, 2.24) is 20.0 Å². The molecule has 2 amide bonds. The molecule has 3 aromatic rings. The van der Waals surface area contributed by atoms with Gasteiger partial charge in [0.05, 0.1) is 24.7 Å². The van der Waals surface area contributed by atoms with E-state index in [4.69, 9.17) is 0 Å². The molecular formula is C26H31FN4O3. The molecular weight excluding hydrogens is 435 g/mol. The number of rotatable bonds is 6. The van der Waals surface area contributed by atoms with Crippen LogP contribution < -0.4 is 5.32 Å². The van der Waals surface area contributed by atoms with Crippen LogP contribution in [0.2, 0.25) is 0 Å². The molecule has 1 fully saturated rings. The summed E-state index contributed by atoms with van der Waals surface area (Å²) in [6.45, 7) is 6.58. The van der Waals surface area contributed by atoms with Crippen molar-refractivity contribution in [3.63, 3.8) is 0 Å². The standard InChI is InChI=1S/C26H31FN4O3/c1-26(2,3)23(25(34)30-14-6-7-19(30)16-32)28-24(33)22-20-8-4-5-9-21(20)31(29-22)15-17-10-12-18(27)13-11-17/h4-5,8-13,19,23,32H,6-7,14-16H2,1-3H3,(H,28,33). The molecule has 0 saturated carbocycles. The minimum Gasteiger partial charge on any atom is -0.394 e. The summed E-state index contributed by atoms with van der Waals surface area (Å²) in [6, 6.07) is 12.6. The first-order valence-electron chi connectivity index (χ1n) is 11.6. The molecule has 1 aliphatic heterocycles. The first-order valence-corrected chi connectivity index (χ1v) is 11.6. The molecule has 0 bridgehead atoms. The van der Waals surface area contributed by atoms with Crippen LogP contribution in [-0.4, -0.2) is 56.8 Å². The first-order chi connectivity index (χ1) is 16.2. The van der Waals surface area contributed by atoms with Gasteiger partial charge in [0.15, 0.2) is 5.69 Å². The molecule has 2 heterocycles. The second-order valence-electron chi connectivity index (χ2n) is 9.93. The van der Waals surface area contributed by atoms with Crippen LogP contribution in [0.25, 0.3) is 10.9 Å². The number of halogens is 1. The summed E-state index contributed by atoms with van der Waals surface area (Å²) >= 11 is 0. The van der Waals surface area contributed by atoms with Gasteiger partial charge in [-0.2, -0.15) is 5.10 Å². The first kappa shape index (κ1) is 23.9. The molecule has 180 valence electrons. The molecule has 2 atom stereocenters.